The molecule has 0 aromatic heterocycles. The molecule has 0 saturated carbocycles. The third kappa shape index (κ3) is 5.74. The van der Waals surface area contributed by atoms with Gasteiger partial charge in [0.15, 0.2) is 0 Å². The molecule has 1 rings (SSSR count). The molecule has 3 N–H and O–H groups in total. The summed E-state index contributed by atoms with van der Waals surface area (Å²) in [6, 6.07) is 0. The van der Waals surface area contributed by atoms with Crippen molar-refractivity contribution in [3.8, 4) is 0 Å². The van der Waals surface area contributed by atoms with Gasteiger partial charge in [0, 0.05) is 6.54 Å². The molecule has 1 heterocycles. The van der Waals surface area contributed by atoms with E-state index in [2.05, 4.69) is 10.2 Å². The Morgan fingerprint density at radius 1 is 1.20 bits per heavy atom. The van der Waals surface area contributed by atoms with Gasteiger partial charge in [-0.05, 0) is 38.9 Å². The number of likely N-dealkylation sites (tertiary alicyclic amines) is 1. The summed E-state index contributed by atoms with van der Waals surface area (Å²) in [5.41, 5.74) is 5.20. The first kappa shape index (κ1) is 12.5. The van der Waals surface area contributed by atoms with Gasteiger partial charge in [-0.1, -0.05) is 12.8 Å². The van der Waals surface area contributed by atoms with E-state index in [1.54, 1.807) is 0 Å². The minimum Gasteiger partial charge on any atom is -0.355 e. The zero-order chi connectivity index (χ0) is 10.9. The molecular weight excluding hydrogens is 190 g/mol. The van der Waals surface area contributed by atoms with Gasteiger partial charge in [0.2, 0.25) is 5.91 Å². The first-order valence-corrected chi connectivity index (χ1v) is 6.02. The Hall–Kier alpha value is -0.610. The van der Waals surface area contributed by atoms with Crippen molar-refractivity contribution < 1.29 is 4.79 Å². The van der Waals surface area contributed by atoms with Crippen LogP contribution in [0.2, 0.25) is 0 Å². The van der Waals surface area contributed by atoms with Gasteiger partial charge in [-0.25, -0.2) is 0 Å². The van der Waals surface area contributed by atoms with Crippen molar-refractivity contribution in [2.75, 3.05) is 32.7 Å². The molecule has 15 heavy (non-hydrogen) atoms. The summed E-state index contributed by atoms with van der Waals surface area (Å²) in [6.07, 6.45) is 6.44. The van der Waals surface area contributed by atoms with Crippen LogP contribution in [0.25, 0.3) is 0 Å². The van der Waals surface area contributed by atoms with E-state index in [0.29, 0.717) is 0 Å². The zero-order valence-corrected chi connectivity index (χ0v) is 9.50. The minimum atomic E-state index is -0.0501. The molecule has 1 aliphatic heterocycles. The average molecular weight is 213 g/mol. The van der Waals surface area contributed by atoms with Gasteiger partial charge in [-0.15, -0.1) is 0 Å². The summed E-state index contributed by atoms with van der Waals surface area (Å²) in [6.45, 7) is 4.41. The van der Waals surface area contributed by atoms with Crippen molar-refractivity contribution in [2.24, 2.45) is 5.73 Å². The second kappa shape index (κ2) is 7.65. The van der Waals surface area contributed by atoms with Crippen molar-refractivity contribution in [1.82, 2.24) is 10.2 Å². The molecule has 88 valence electrons. The standard InChI is InChI=1S/C11H23N3O/c12-10-11(15)13-6-5-9-14-7-3-1-2-4-8-14/h1-10,12H2,(H,13,15). The van der Waals surface area contributed by atoms with Crippen LogP contribution in [-0.2, 0) is 4.79 Å². The molecule has 1 saturated heterocycles. The molecule has 0 aromatic carbocycles. The summed E-state index contributed by atoms with van der Waals surface area (Å²) in [7, 11) is 0. The highest BCUT2D eigenvalue weighted by Gasteiger charge is 2.07. The monoisotopic (exact) mass is 213 g/mol. The molecule has 0 unspecified atom stereocenters. The summed E-state index contributed by atoms with van der Waals surface area (Å²) >= 11 is 0. The van der Waals surface area contributed by atoms with Crippen molar-refractivity contribution >= 4 is 5.91 Å². The SMILES string of the molecule is NCC(=O)NCCCN1CCCCCC1. The lowest BCUT2D eigenvalue weighted by atomic mass is 10.2. The number of nitrogens with one attached hydrogen (secondary N) is 1. The van der Waals surface area contributed by atoms with Crippen LogP contribution in [0.15, 0.2) is 0 Å². The van der Waals surface area contributed by atoms with Crippen molar-refractivity contribution in [1.29, 1.82) is 0 Å². The number of carbonyl (C=O) groups excluding carboxylic acids is 1. The van der Waals surface area contributed by atoms with E-state index in [-0.39, 0.29) is 12.5 Å². The summed E-state index contributed by atoms with van der Waals surface area (Å²) in [4.78, 5) is 13.4. The lowest BCUT2D eigenvalue weighted by Crippen LogP contribution is -2.33. The number of rotatable bonds is 5. The lowest BCUT2D eigenvalue weighted by molar-refractivity contribution is -0.119. The van der Waals surface area contributed by atoms with E-state index < -0.39 is 0 Å². The fourth-order valence-corrected chi connectivity index (χ4v) is 1.96. The van der Waals surface area contributed by atoms with Crippen LogP contribution >= 0.6 is 0 Å². The molecule has 0 radical (unpaired) electrons. The maximum atomic E-state index is 10.9. The van der Waals surface area contributed by atoms with Crippen LogP contribution in [0.4, 0.5) is 0 Å². The minimum absolute atomic E-state index is 0.0501. The van der Waals surface area contributed by atoms with Gasteiger partial charge < -0.3 is 16.0 Å². The Morgan fingerprint density at radius 3 is 2.47 bits per heavy atom. The van der Waals surface area contributed by atoms with E-state index in [1.165, 1.54) is 38.8 Å². The van der Waals surface area contributed by atoms with E-state index >= 15 is 0 Å². The molecule has 0 spiro atoms. The van der Waals surface area contributed by atoms with E-state index in [1.807, 2.05) is 0 Å². The smallest absolute Gasteiger partial charge is 0.233 e. The molecule has 0 bridgehead atoms. The quantitative estimate of drug-likeness (QED) is 0.647. The predicted molar refractivity (Wildman–Crippen MR) is 61.6 cm³/mol. The van der Waals surface area contributed by atoms with E-state index in [4.69, 9.17) is 5.73 Å². The number of hydrogen-bond donors (Lipinski definition) is 2. The number of nitrogens with two attached hydrogens (primary N) is 1. The molecule has 1 aliphatic rings. The van der Waals surface area contributed by atoms with Gasteiger partial charge in [-0.2, -0.15) is 0 Å². The highest BCUT2D eigenvalue weighted by atomic mass is 16.1. The Bertz CT molecular complexity index is 177. The lowest BCUT2D eigenvalue weighted by Gasteiger charge is -2.19. The molecule has 1 fully saturated rings. The molecule has 0 atom stereocenters. The zero-order valence-electron chi connectivity index (χ0n) is 9.50. The maximum absolute atomic E-state index is 10.9. The number of carbonyl (C=O) groups is 1. The van der Waals surface area contributed by atoms with Gasteiger partial charge in [-0.3, -0.25) is 4.79 Å². The number of nitrogens with zero attached hydrogens (tertiary/aromatic N) is 1. The molecule has 4 heteroatoms. The molecule has 4 nitrogen and oxygen atoms in total. The van der Waals surface area contributed by atoms with Crippen molar-refractivity contribution in [3.63, 3.8) is 0 Å². The second-order valence-electron chi connectivity index (χ2n) is 4.16. The fourth-order valence-electron chi connectivity index (χ4n) is 1.96. The van der Waals surface area contributed by atoms with Crippen LogP contribution in [0.1, 0.15) is 32.1 Å². The summed E-state index contributed by atoms with van der Waals surface area (Å²) in [5, 5.41) is 2.80. The van der Waals surface area contributed by atoms with E-state index in [0.717, 1.165) is 19.5 Å². The van der Waals surface area contributed by atoms with Gasteiger partial charge in [0.05, 0.1) is 6.54 Å². The predicted octanol–water partition coefficient (Wildman–Crippen LogP) is 0.327. The first-order valence-electron chi connectivity index (χ1n) is 6.02. The number of hydrogen-bond acceptors (Lipinski definition) is 3. The van der Waals surface area contributed by atoms with Gasteiger partial charge in [0.25, 0.3) is 0 Å². The maximum Gasteiger partial charge on any atom is 0.233 e. The van der Waals surface area contributed by atoms with E-state index in [9.17, 15) is 4.79 Å². The highest BCUT2D eigenvalue weighted by Crippen LogP contribution is 2.09. The van der Waals surface area contributed by atoms with Crippen molar-refractivity contribution in [3.05, 3.63) is 0 Å². The highest BCUT2D eigenvalue weighted by molar-refractivity contribution is 5.77. The molecule has 1 amide bonds. The fraction of sp³-hybridized carbons (Fsp3) is 0.909. The summed E-state index contributed by atoms with van der Waals surface area (Å²) < 4.78 is 0. The molecule has 0 aliphatic carbocycles. The largest absolute Gasteiger partial charge is 0.355 e. The Labute approximate surface area is 92.2 Å². The third-order valence-corrected chi connectivity index (χ3v) is 2.86. The van der Waals surface area contributed by atoms with Gasteiger partial charge in [0.1, 0.15) is 0 Å². The molecule has 0 aromatic rings. The van der Waals surface area contributed by atoms with Crippen LogP contribution in [0, 0.1) is 0 Å². The van der Waals surface area contributed by atoms with Crippen LogP contribution in [0.3, 0.4) is 0 Å². The molecular formula is C11H23N3O. The Balaban J connectivity index is 2.00. The average Bonchev–Trinajstić information content (AvgIpc) is 2.52. The number of amides is 1. The van der Waals surface area contributed by atoms with Crippen LogP contribution in [-0.4, -0.2) is 43.5 Å². The van der Waals surface area contributed by atoms with Crippen LogP contribution in [0.5, 0.6) is 0 Å². The third-order valence-electron chi connectivity index (χ3n) is 2.86. The Kier molecular flexibility index (Phi) is 6.36. The normalized spacial score (nSPS) is 18.5. The first-order chi connectivity index (χ1) is 7.33. The van der Waals surface area contributed by atoms with Crippen LogP contribution < -0.4 is 11.1 Å². The summed E-state index contributed by atoms with van der Waals surface area (Å²) in [5.74, 6) is -0.0501. The topological polar surface area (TPSA) is 58.4 Å². The Morgan fingerprint density at radius 2 is 1.87 bits per heavy atom. The van der Waals surface area contributed by atoms with Gasteiger partial charge >= 0.3 is 0 Å². The van der Waals surface area contributed by atoms with Crippen molar-refractivity contribution in [2.45, 2.75) is 32.1 Å². The second-order valence-corrected chi connectivity index (χ2v) is 4.16.